The molecule has 2 N–H and O–H groups in total. The average Bonchev–Trinajstić information content (AvgIpc) is 2.57. The van der Waals surface area contributed by atoms with Gasteiger partial charge in [0.1, 0.15) is 11.7 Å². The number of hydrogen-bond acceptors (Lipinski definition) is 4. The van der Waals surface area contributed by atoms with E-state index < -0.39 is 6.04 Å². The predicted octanol–water partition coefficient (Wildman–Crippen LogP) is 2.61. The predicted molar refractivity (Wildman–Crippen MR) is 99.3 cm³/mol. The first kappa shape index (κ1) is 18.3. The number of thioether (sulfide) groups is 1. The fourth-order valence-corrected chi connectivity index (χ4v) is 2.79. The summed E-state index contributed by atoms with van der Waals surface area (Å²) >= 11 is 1.64. The van der Waals surface area contributed by atoms with Crippen molar-refractivity contribution in [3.8, 4) is 0 Å². The molecule has 0 aliphatic rings. The highest BCUT2D eigenvalue weighted by atomic mass is 32.2. The van der Waals surface area contributed by atoms with Crippen LogP contribution in [0.2, 0.25) is 0 Å². The van der Waals surface area contributed by atoms with Crippen molar-refractivity contribution < 1.29 is 9.59 Å². The van der Waals surface area contributed by atoms with Gasteiger partial charge >= 0.3 is 0 Å². The Balaban J connectivity index is 2.13. The molecule has 1 unspecified atom stereocenters. The lowest BCUT2D eigenvalue weighted by Gasteiger charge is -2.19. The molecule has 2 rings (SSSR count). The lowest BCUT2D eigenvalue weighted by molar-refractivity contribution is -0.123. The third-order valence-electron chi connectivity index (χ3n) is 3.49. The lowest BCUT2D eigenvalue weighted by Crippen LogP contribution is -2.49. The highest BCUT2D eigenvalue weighted by Crippen LogP contribution is 2.12. The number of fused-ring (bicyclic) bond motifs is 1. The molecule has 0 radical (unpaired) electrons. The number of rotatable bonds is 7. The van der Waals surface area contributed by atoms with Crippen molar-refractivity contribution >= 4 is 34.5 Å². The Bertz CT molecular complexity index is 718. The fourth-order valence-electron chi connectivity index (χ4n) is 2.31. The summed E-state index contributed by atoms with van der Waals surface area (Å²) < 4.78 is 0. The van der Waals surface area contributed by atoms with Crippen LogP contribution in [0.25, 0.3) is 10.9 Å². The Morgan fingerprint density at radius 1 is 1.12 bits per heavy atom. The second-order valence-corrected chi connectivity index (χ2v) is 6.85. The van der Waals surface area contributed by atoms with Crippen molar-refractivity contribution in [1.29, 1.82) is 0 Å². The van der Waals surface area contributed by atoms with Crippen molar-refractivity contribution in [3.05, 3.63) is 42.1 Å². The van der Waals surface area contributed by atoms with Crippen LogP contribution in [0.3, 0.4) is 0 Å². The number of pyridine rings is 1. The maximum Gasteiger partial charge on any atom is 0.270 e. The van der Waals surface area contributed by atoms with Crippen molar-refractivity contribution in [2.75, 3.05) is 12.0 Å². The smallest absolute Gasteiger partial charge is 0.270 e. The second-order valence-electron chi connectivity index (χ2n) is 5.86. The average molecular weight is 345 g/mol. The van der Waals surface area contributed by atoms with Crippen LogP contribution in [0.5, 0.6) is 0 Å². The van der Waals surface area contributed by atoms with E-state index in [1.807, 2.05) is 50.4 Å². The van der Waals surface area contributed by atoms with E-state index in [2.05, 4.69) is 15.6 Å². The lowest BCUT2D eigenvalue weighted by atomic mass is 10.1. The summed E-state index contributed by atoms with van der Waals surface area (Å²) in [6.45, 7) is 3.80. The molecule has 0 spiro atoms. The molecule has 24 heavy (non-hydrogen) atoms. The molecule has 1 aromatic heterocycles. The Hall–Kier alpha value is -2.08. The molecule has 5 nitrogen and oxygen atoms in total. The van der Waals surface area contributed by atoms with Crippen LogP contribution in [0.15, 0.2) is 36.4 Å². The molecule has 1 aromatic carbocycles. The number of carbonyl (C=O) groups is 2. The molecule has 128 valence electrons. The largest absolute Gasteiger partial charge is 0.352 e. The molecule has 0 fully saturated rings. The van der Waals surface area contributed by atoms with Crippen LogP contribution in [0, 0.1) is 0 Å². The van der Waals surface area contributed by atoms with E-state index in [9.17, 15) is 9.59 Å². The highest BCUT2D eigenvalue weighted by molar-refractivity contribution is 7.98. The fraction of sp³-hybridized carbons (Fsp3) is 0.389. The van der Waals surface area contributed by atoms with Gasteiger partial charge in [-0.25, -0.2) is 4.98 Å². The van der Waals surface area contributed by atoms with Gasteiger partial charge in [0.2, 0.25) is 5.91 Å². The van der Waals surface area contributed by atoms with E-state index in [0.29, 0.717) is 12.1 Å². The first-order valence-electron chi connectivity index (χ1n) is 7.97. The molecule has 6 heteroatoms. The Morgan fingerprint density at radius 3 is 2.58 bits per heavy atom. The monoisotopic (exact) mass is 345 g/mol. The quantitative estimate of drug-likeness (QED) is 0.809. The third-order valence-corrected chi connectivity index (χ3v) is 4.14. The summed E-state index contributed by atoms with van der Waals surface area (Å²) in [6.07, 6.45) is 2.56. The van der Waals surface area contributed by atoms with E-state index in [4.69, 9.17) is 0 Å². The summed E-state index contributed by atoms with van der Waals surface area (Å²) in [5.41, 5.74) is 1.08. The van der Waals surface area contributed by atoms with Gasteiger partial charge in [-0.1, -0.05) is 24.3 Å². The van der Waals surface area contributed by atoms with Crippen LogP contribution in [-0.2, 0) is 4.79 Å². The van der Waals surface area contributed by atoms with E-state index in [1.54, 1.807) is 17.8 Å². The first-order chi connectivity index (χ1) is 11.5. The SMILES string of the molecule is CSCCC(NC(=O)c1ccc2ccccc2n1)C(=O)NC(C)C. The molecule has 1 heterocycles. The summed E-state index contributed by atoms with van der Waals surface area (Å²) in [5, 5.41) is 6.64. The number of benzene rings is 1. The van der Waals surface area contributed by atoms with Crippen LogP contribution in [0.4, 0.5) is 0 Å². The van der Waals surface area contributed by atoms with E-state index in [-0.39, 0.29) is 17.9 Å². The zero-order valence-electron chi connectivity index (χ0n) is 14.2. The Labute approximate surface area is 146 Å². The summed E-state index contributed by atoms with van der Waals surface area (Å²) in [5.74, 6) is 0.306. The Morgan fingerprint density at radius 2 is 1.88 bits per heavy atom. The number of aromatic nitrogens is 1. The molecular formula is C18H23N3O2S. The summed E-state index contributed by atoms with van der Waals surface area (Å²) in [4.78, 5) is 29.2. The zero-order valence-corrected chi connectivity index (χ0v) is 15.0. The summed E-state index contributed by atoms with van der Waals surface area (Å²) in [6, 6.07) is 10.6. The van der Waals surface area contributed by atoms with Gasteiger partial charge in [-0.15, -0.1) is 0 Å². The van der Waals surface area contributed by atoms with Gasteiger partial charge in [0, 0.05) is 11.4 Å². The molecule has 0 saturated carbocycles. The normalized spacial score (nSPS) is 12.2. The minimum atomic E-state index is -0.555. The van der Waals surface area contributed by atoms with Gasteiger partial charge in [-0.05, 0) is 44.4 Å². The topological polar surface area (TPSA) is 71.1 Å². The third kappa shape index (κ3) is 4.96. The number of hydrogen-bond donors (Lipinski definition) is 2. The Kier molecular flexibility index (Phi) is 6.61. The van der Waals surface area contributed by atoms with E-state index >= 15 is 0 Å². The van der Waals surface area contributed by atoms with Gasteiger partial charge < -0.3 is 10.6 Å². The minimum absolute atomic E-state index is 0.0324. The maximum absolute atomic E-state index is 12.5. The van der Waals surface area contributed by atoms with Gasteiger partial charge in [-0.2, -0.15) is 11.8 Å². The van der Waals surface area contributed by atoms with Crippen molar-refractivity contribution in [2.45, 2.75) is 32.4 Å². The highest BCUT2D eigenvalue weighted by Gasteiger charge is 2.22. The first-order valence-corrected chi connectivity index (χ1v) is 9.36. The molecule has 0 saturated heterocycles. The van der Waals surface area contributed by atoms with E-state index in [1.165, 1.54) is 0 Å². The minimum Gasteiger partial charge on any atom is -0.352 e. The van der Waals surface area contributed by atoms with Crippen LogP contribution in [0.1, 0.15) is 30.8 Å². The second kappa shape index (κ2) is 8.68. The van der Waals surface area contributed by atoms with Gasteiger partial charge in [0.15, 0.2) is 0 Å². The zero-order chi connectivity index (χ0) is 17.5. The molecule has 2 amide bonds. The standard InChI is InChI=1S/C18H23N3O2S/c1-12(2)19-17(22)16(10-11-24-3)21-18(23)15-9-8-13-6-4-5-7-14(13)20-15/h4-9,12,16H,10-11H2,1-3H3,(H,19,22)(H,21,23). The number of nitrogens with one attached hydrogen (secondary N) is 2. The molecule has 0 bridgehead atoms. The molecule has 0 aliphatic carbocycles. The van der Waals surface area contributed by atoms with Crippen molar-refractivity contribution in [2.24, 2.45) is 0 Å². The summed E-state index contributed by atoms with van der Waals surface area (Å²) in [7, 11) is 0. The molecule has 0 aliphatic heterocycles. The number of carbonyl (C=O) groups excluding carboxylic acids is 2. The maximum atomic E-state index is 12.5. The number of nitrogens with zero attached hydrogens (tertiary/aromatic N) is 1. The van der Waals surface area contributed by atoms with Gasteiger partial charge in [0.25, 0.3) is 5.91 Å². The van der Waals surface area contributed by atoms with Crippen LogP contribution >= 0.6 is 11.8 Å². The van der Waals surface area contributed by atoms with E-state index in [0.717, 1.165) is 16.7 Å². The number of amides is 2. The molecule has 2 aromatic rings. The van der Waals surface area contributed by atoms with Gasteiger partial charge in [-0.3, -0.25) is 9.59 Å². The molecule has 1 atom stereocenters. The van der Waals surface area contributed by atoms with Crippen molar-refractivity contribution in [1.82, 2.24) is 15.6 Å². The van der Waals surface area contributed by atoms with Crippen molar-refractivity contribution in [3.63, 3.8) is 0 Å². The number of para-hydroxylation sites is 1. The van der Waals surface area contributed by atoms with Crippen LogP contribution < -0.4 is 10.6 Å². The molecular weight excluding hydrogens is 322 g/mol. The van der Waals surface area contributed by atoms with Gasteiger partial charge in [0.05, 0.1) is 5.52 Å². The van der Waals surface area contributed by atoms with Crippen LogP contribution in [-0.4, -0.2) is 40.9 Å².